The van der Waals surface area contributed by atoms with Crippen molar-refractivity contribution >= 4 is 5.91 Å². The molecule has 0 aliphatic carbocycles. The van der Waals surface area contributed by atoms with Crippen LogP contribution in [0.2, 0.25) is 0 Å². The molecule has 0 aliphatic heterocycles. The molecule has 0 radical (unpaired) electrons. The summed E-state index contributed by atoms with van der Waals surface area (Å²) in [4.78, 5) is 11.1. The highest BCUT2D eigenvalue weighted by Crippen LogP contribution is 2.21. The van der Waals surface area contributed by atoms with Gasteiger partial charge in [0, 0.05) is 19.0 Å². The maximum Gasteiger partial charge on any atom is 0.221 e. The zero-order valence-electron chi connectivity index (χ0n) is 8.33. The maximum absolute atomic E-state index is 13.3. The van der Waals surface area contributed by atoms with Gasteiger partial charge in [0.25, 0.3) is 0 Å². The predicted octanol–water partition coefficient (Wildman–Crippen LogP) is 1.57. The van der Waals surface area contributed by atoms with Crippen molar-refractivity contribution in [2.24, 2.45) is 0 Å². The molecule has 15 heavy (non-hydrogen) atoms. The molecule has 1 unspecified atom stereocenters. The number of nitrogens with zero attached hydrogens (tertiary/aromatic N) is 1. The molecular formula is C11H11FN2O. The van der Waals surface area contributed by atoms with Crippen LogP contribution in [0, 0.1) is 17.1 Å². The van der Waals surface area contributed by atoms with Gasteiger partial charge in [0.1, 0.15) is 5.82 Å². The van der Waals surface area contributed by atoms with Gasteiger partial charge in [-0.3, -0.25) is 4.79 Å². The van der Waals surface area contributed by atoms with Crippen LogP contribution in [-0.2, 0) is 4.79 Å². The van der Waals surface area contributed by atoms with Crippen LogP contribution in [0.15, 0.2) is 24.3 Å². The first kappa shape index (κ1) is 11.2. The Kier molecular flexibility index (Phi) is 3.81. The average molecular weight is 206 g/mol. The first-order valence-electron chi connectivity index (χ1n) is 4.53. The van der Waals surface area contributed by atoms with Gasteiger partial charge in [0.05, 0.1) is 12.0 Å². The van der Waals surface area contributed by atoms with E-state index < -0.39 is 11.7 Å². The summed E-state index contributed by atoms with van der Waals surface area (Å²) < 4.78 is 13.3. The van der Waals surface area contributed by atoms with Crippen molar-refractivity contribution in [1.82, 2.24) is 5.32 Å². The summed E-state index contributed by atoms with van der Waals surface area (Å²) in [5, 5.41) is 11.3. The number of carbonyl (C=O) groups is 1. The van der Waals surface area contributed by atoms with Crippen molar-refractivity contribution in [3.63, 3.8) is 0 Å². The summed E-state index contributed by atoms with van der Waals surface area (Å²) in [5.74, 6) is -1.45. The minimum Gasteiger partial charge on any atom is -0.359 e. The fourth-order valence-corrected chi connectivity index (χ4v) is 1.27. The molecule has 1 aromatic rings. The van der Waals surface area contributed by atoms with E-state index in [1.807, 2.05) is 6.07 Å². The molecule has 3 nitrogen and oxygen atoms in total. The van der Waals surface area contributed by atoms with E-state index in [-0.39, 0.29) is 17.9 Å². The lowest BCUT2D eigenvalue weighted by atomic mass is 9.96. The Morgan fingerprint density at radius 1 is 1.60 bits per heavy atom. The van der Waals surface area contributed by atoms with Crippen molar-refractivity contribution in [3.8, 4) is 6.07 Å². The first-order valence-corrected chi connectivity index (χ1v) is 4.53. The van der Waals surface area contributed by atoms with Crippen LogP contribution in [0.4, 0.5) is 4.39 Å². The molecule has 0 saturated carbocycles. The molecule has 0 heterocycles. The Balaban J connectivity index is 2.89. The summed E-state index contributed by atoms with van der Waals surface area (Å²) in [6.07, 6.45) is -0.0199. The number of hydrogen-bond acceptors (Lipinski definition) is 2. The minimum atomic E-state index is -0.730. The predicted molar refractivity (Wildman–Crippen MR) is 53.4 cm³/mol. The lowest BCUT2D eigenvalue weighted by Gasteiger charge is -2.08. The molecule has 0 fully saturated rings. The number of halogens is 1. The fourth-order valence-electron chi connectivity index (χ4n) is 1.27. The molecule has 0 bridgehead atoms. The van der Waals surface area contributed by atoms with E-state index in [9.17, 15) is 9.18 Å². The van der Waals surface area contributed by atoms with Gasteiger partial charge in [-0.15, -0.1) is 0 Å². The number of benzene rings is 1. The van der Waals surface area contributed by atoms with E-state index in [2.05, 4.69) is 5.32 Å². The quantitative estimate of drug-likeness (QED) is 0.816. The zero-order chi connectivity index (χ0) is 11.3. The topological polar surface area (TPSA) is 52.9 Å². The second-order valence-electron chi connectivity index (χ2n) is 3.08. The summed E-state index contributed by atoms with van der Waals surface area (Å²) in [5.41, 5.74) is 0.267. The van der Waals surface area contributed by atoms with E-state index in [1.54, 1.807) is 12.1 Å². The van der Waals surface area contributed by atoms with Gasteiger partial charge in [0.15, 0.2) is 0 Å². The van der Waals surface area contributed by atoms with E-state index in [1.165, 1.54) is 19.2 Å². The van der Waals surface area contributed by atoms with Gasteiger partial charge >= 0.3 is 0 Å². The van der Waals surface area contributed by atoms with E-state index in [0.717, 1.165) is 0 Å². The van der Waals surface area contributed by atoms with Crippen molar-refractivity contribution in [1.29, 1.82) is 5.26 Å². The smallest absolute Gasteiger partial charge is 0.221 e. The third-order valence-corrected chi connectivity index (χ3v) is 2.10. The van der Waals surface area contributed by atoms with E-state index in [4.69, 9.17) is 5.26 Å². The van der Waals surface area contributed by atoms with Gasteiger partial charge in [-0.2, -0.15) is 5.26 Å². The molecule has 4 heteroatoms. The second kappa shape index (κ2) is 5.11. The molecule has 1 aromatic carbocycles. The molecule has 0 spiro atoms. The van der Waals surface area contributed by atoms with Gasteiger partial charge in [-0.05, 0) is 6.07 Å². The second-order valence-corrected chi connectivity index (χ2v) is 3.08. The summed E-state index contributed by atoms with van der Waals surface area (Å²) in [6, 6.07) is 7.92. The molecule has 1 N–H and O–H groups in total. The first-order chi connectivity index (χ1) is 7.19. The molecule has 78 valence electrons. The number of rotatable bonds is 3. The van der Waals surface area contributed by atoms with Crippen molar-refractivity contribution in [3.05, 3.63) is 35.6 Å². The van der Waals surface area contributed by atoms with Crippen molar-refractivity contribution in [2.75, 3.05) is 7.05 Å². The lowest BCUT2D eigenvalue weighted by molar-refractivity contribution is -0.120. The molecule has 0 aliphatic rings. The van der Waals surface area contributed by atoms with Crippen LogP contribution in [-0.4, -0.2) is 13.0 Å². The van der Waals surface area contributed by atoms with Gasteiger partial charge in [0.2, 0.25) is 5.91 Å². The summed E-state index contributed by atoms with van der Waals surface area (Å²) in [6.45, 7) is 0. The monoisotopic (exact) mass is 206 g/mol. The normalized spacial score (nSPS) is 11.5. The van der Waals surface area contributed by atoms with E-state index >= 15 is 0 Å². The summed E-state index contributed by atoms with van der Waals surface area (Å²) in [7, 11) is 1.48. The number of nitriles is 1. The molecule has 1 amide bonds. The van der Waals surface area contributed by atoms with Gasteiger partial charge in [-0.1, -0.05) is 18.2 Å². The number of carbonyl (C=O) groups excluding carboxylic acids is 1. The highest BCUT2D eigenvalue weighted by atomic mass is 19.1. The minimum absolute atomic E-state index is 0.0199. The molecule has 0 saturated heterocycles. The Labute approximate surface area is 87.5 Å². The van der Waals surface area contributed by atoms with Crippen LogP contribution in [0.3, 0.4) is 0 Å². The van der Waals surface area contributed by atoms with Crippen LogP contribution in [0.25, 0.3) is 0 Å². The van der Waals surface area contributed by atoms with Crippen molar-refractivity contribution < 1.29 is 9.18 Å². The standard InChI is InChI=1S/C11H11FN2O/c1-14-11(15)6-8(7-13)9-4-2-3-5-10(9)12/h2-5,8H,6H2,1H3,(H,14,15). The highest BCUT2D eigenvalue weighted by Gasteiger charge is 2.17. The third kappa shape index (κ3) is 2.78. The Hall–Kier alpha value is -1.89. The van der Waals surface area contributed by atoms with Gasteiger partial charge in [-0.25, -0.2) is 4.39 Å². The van der Waals surface area contributed by atoms with Gasteiger partial charge < -0.3 is 5.32 Å². The van der Waals surface area contributed by atoms with Crippen LogP contribution in [0.1, 0.15) is 17.9 Å². The van der Waals surface area contributed by atoms with E-state index in [0.29, 0.717) is 0 Å². The SMILES string of the molecule is CNC(=O)CC(C#N)c1ccccc1F. The third-order valence-electron chi connectivity index (χ3n) is 2.10. The Morgan fingerprint density at radius 3 is 2.80 bits per heavy atom. The number of amides is 1. The van der Waals surface area contributed by atoms with Crippen LogP contribution < -0.4 is 5.32 Å². The lowest BCUT2D eigenvalue weighted by Crippen LogP contribution is -2.20. The Bertz CT molecular complexity index is 398. The molecular weight excluding hydrogens is 195 g/mol. The zero-order valence-corrected chi connectivity index (χ0v) is 8.33. The van der Waals surface area contributed by atoms with Crippen LogP contribution >= 0.6 is 0 Å². The Morgan fingerprint density at radius 2 is 2.27 bits per heavy atom. The molecule has 1 rings (SSSR count). The average Bonchev–Trinajstić information content (AvgIpc) is 2.26. The largest absolute Gasteiger partial charge is 0.359 e. The highest BCUT2D eigenvalue weighted by molar-refractivity contribution is 5.77. The van der Waals surface area contributed by atoms with Crippen LogP contribution in [0.5, 0.6) is 0 Å². The maximum atomic E-state index is 13.3. The van der Waals surface area contributed by atoms with Crippen molar-refractivity contribution in [2.45, 2.75) is 12.3 Å². The number of nitrogens with one attached hydrogen (secondary N) is 1. The number of hydrogen-bond donors (Lipinski definition) is 1. The molecule has 1 atom stereocenters. The fraction of sp³-hybridized carbons (Fsp3) is 0.273. The molecule has 0 aromatic heterocycles. The summed E-state index contributed by atoms with van der Waals surface area (Å²) >= 11 is 0.